The topological polar surface area (TPSA) is 69.2 Å². The quantitative estimate of drug-likeness (QED) is 0.295. The molecular weight excluding hydrogens is 463 g/mol. The van der Waals surface area contributed by atoms with Gasteiger partial charge in [-0.15, -0.1) is 0 Å². The van der Waals surface area contributed by atoms with E-state index in [1.807, 2.05) is 38.1 Å². The molecule has 3 aromatic carbocycles. The van der Waals surface area contributed by atoms with Crippen molar-refractivity contribution in [1.29, 1.82) is 0 Å². The number of halogens is 2. The zero-order valence-corrected chi connectivity index (χ0v) is 20.0. The first-order chi connectivity index (χ1) is 15.9. The summed E-state index contributed by atoms with van der Waals surface area (Å²) in [6.45, 7) is 4.73. The molecule has 0 aliphatic rings. The lowest BCUT2D eigenvalue weighted by Crippen LogP contribution is -2.17. The fourth-order valence-electron chi connectivity index (χ4n) is 2.95. The summed E-state index contributed by atoms with van der Waals surface area (Å²) in [7, 11) is 1.51. The SMILES string of the molecule is CCOc1ccc(C(=O)N/N=C/c2cc(Cl)c(OCc3ccc(C)cc3)c(Cl)c2)cc1OC. The Morgan fingerprint density at radius 3 is 2.33 bits per heavy atom. The molecule has 3 aromatic rings. The zero-order chi connectivity index (χ0) is 23.8. The number of carbonyl (C=O) groups is 1. The van der Waals surface area contributed by atoms with Crippen molar-refractivity contribution in [3.05, 3.63) is 86.9 Å². The van der Waals surface area contributed by atoms with E-state index in [1.54, 1.807) is 30.3 Å². The number of hydrazone groups is 1. The van der Waals surface area contributed by atoms with Crippen molar-refractivity contribution < 1.29 is 19.0 Å². The Bertz CT molecular complexity index is 1120. The van der Waals surface area contributed by atoms with E-state index in [1.165, 1.54) is 18.9 Å². The standard InChI is InChI=1S/C25H24Cl2N2O4/c1-4-32-22-10-9-19(13-23(22)31-3)25(30)29-28-14-18-11-20(26)24(21(27)12-18)33-15-17-7-5-16(2)6-8-17/h5-14H,4,15H2,1-3H3,(H,29,30)/b28-14+. The van der Waals surface area contributed by atoms with Crippen LogP contribution in [0.1, 0.15) is 34.0 Å². The number of hydrogen-bond donors (Lipinski definition) is 1. The first kappa shape index (κ1) is 24.4. The van der Waals surface area contributed by atoms with Gasteiger partial charge in [0.1, 0.15) is 6.61 Å². The van der Waals surface area contributed by atoms with Gasteiger partial charge in [0.15, 0.2) is 17.2 Å². The minimum atomic E-state index is -0.400. The van der Waals surface area contributed by atoms with Crippen LogP contribution in [0.25, 0.3) is 0 Å². The predicted octanol–water partition coefficient (Wildman–Crippen LogP) is 6.05. The number of aryl methyl sites for hydroxylation is 1. The van der Waals surface area contributed by atoms with Gasteiger partial charge in [-0.05, 0) is 55.3 Å². The number of rotatable bonds is 9. The largest absolute Gasteiger partial charge is 0.493 e. The van der Waals surface area contributed by atoms with Crippen LogP contribution in [0.2, 0.25) is 10.0 Å². The fraction of sp³-hybridized carbons (Fsp3) is 0.200. The van der Waals surface area contributed by atoms with E-state index in [9.17, 15) is 4.79 Å². The molecule has 0 aliphatic carbocycles. The highest BCUT2D eigenvalue weighted by Gasteiger charge is 2.12. The molecule has 0 bridgehead atoms. The van der Waals surface area contributed by atoms with Gasteiger partial charge in [-0.25, -0.2) is 5.43 Å². The van der Waals surface area contributed by atoms with Gasteiger partial charge in [0.05, 0.1) is 30.0 Å². The van der Waals surface area contributed by atoms with Gasteiger partial charge in [-0.2, -0.15) is 5.10 Å². The van der Waals surface area contributed by atoms with E-state index < -0.39 is 5.91 Å². The summed E-state index contributed by atoms with van der Waals surface area (Å²) in [5.41, 5.74) is 5.64. The second-order valence-electron chi connectivity index (χ2n) is 7.09. The summed E-state index contributed by atoms with van der Waals surface area (Å²) in [5, 5.41) is 4.68. The summed E-state index contributed by atoms with van der Waals surface area (Å²) in [4.78, 5) is 12.4. The number of nitrogens with one attached hydrogen (secondary N) is 1. The van der Waals surface area contributed by atoms with Crippen LogP contribution in [-0.2, 0) is 6.61 Å². The number of hydrogen-bond acceptors (Lipinski definition) is 5. The van der Waals surface area contributed by atoms with Crippen LogP contribution >= 0.6 is 23.2 Å². The maximum Gasteiger partial charge on any atom is 0.271 e. The normalized spacial score (nSPS) is 10.8. The van der Waals surface area contributed by atoms with Crippen molar-refractivity contribution in [2.45, 2.75) is 20.5 Å². The van der Waals surface area contributed by atoms with E-state index >= 15 is 0 Å². The maximum atomic E-state index is 12.4. The molecule has 0 heterocycles. The molecule has 0 saturated carbocycles. The Balaban J connectivity index is 1.64. The summed E-state index contributed by atoms with van der Waals surface area (Å²) < 4.78 is 16.5. The molecule has 0 spiro atoms. The van der Waals surface area contributed by atoms with Gasteiger partial charge in [0, 0.05) is 5.56 Å². The second-order valence-corrected chi connectivity index (χ2v) is 7.90. The molecule has 0 radical (unpaired) electrons. The average Bonchev–Trinajstić information content (AvgIpc) is 2.80. The molecule has 1 amide bonds. The molecule has 0 saturated heterocycles. The van der Waals surface area contributed by atoms with Crippen molar-refractivity contribution in [2.24, 2.45) is 5.10 Å². The lowest BCUT2D eigenvalue weighted by atomic mass is 10.2. The van der Waals surface area contributed by atoms with Gasteiger partial charge in [-0.1, -0.05) is 53.0 Å². The molecule has 8 heteroatoms. The maximum absolute atomic E-state index is 12.4. The first-order valence-electron chi connectivity index (χ1n) is 10.2. The lowest BCUT2D eigenvalue weighted by molar-refractivity contribution is 0.0954. The molecule has 6 nitrogen and oxygen atoms in total. The van der Waals surface area contributed by atoms with Crippen molar-refractivity contribution >= 4 is 35.3 Å². The van der Waals surface area contributed by atoms with Gasteiger partial charge in [0.2, 0.25) is 0 Å². The fourth-order valence-corrected chi connectivity index (χ4v) is 3.56. The van der Waals surface area contributed by atoms with E-state index in [-0.39, 0.29) is 0 Å². The number of ether oxygens (including phenoxy) is 3. The molecule has 0 aliphatic heterocycles. The molecule has 0 atom stereocenters. The van der Waals surface area contributed by atoms with Gasteiger partial charge in [0.25, 0.3) is 5.91 Å². The Hall–Kier alpha value is -3.22. The van der Waals surface area contributed by atoms with Crippen molar-refractivity contribution in [3.8, 4) is 17.2 Å². The highest BCUT2D eigenvalue weighted by molar-refractivity contribution is 6.37. The van der Waals surface area contributed by atoms with Crippen LogP contribution in [0.5, 0.6) is 17.2 Å². The molecule has 0 fully saturated rings. The molecule has 3 rings (SSSR count). The van der Waals surface area contributed by atoms with E-state index in [4.69, 9.17) is 37.4 Å². The summed E-state index contributed by atoms with van der Waals surface area (Å²) in [5.74, 6) is 1.02. The Morgan fingerprint density at radius 1 is 1.00 bits per heavy atom. The van der Waals surface area contributed by atoms with Crippen molar-refractivity contribution in [3.63, 3.8) is 0 Å². The van der Waals surface area contributed by atoms with E-state index in [2.05, 4.69) is 10.5 Å². The van der Waals surface area contributed by atoms with Crippen LogP contribution in [-0.4, -0.2) is 25.8 Å². The number of benzene rings is 3. The smallest absolute Gasteiger partial charge is 0.271 e. The minimum absolute atomic E-state index is 0.342. The van der Waals surface area contributed by atoms with Gasteiger partial charge in [-0.3, -0.25) is 4.79 Å². The van der Waals surface area contributed by atoms with Gasteiger partial charge < -0.3 is 14.2 Å². The monoisotopic (exact) mass is 486 g/mol. The minimum Gasteiger partial charge on any atom is -0.493 e. The molecule has 0 unspecified atom stereocenters. The molecular formula is C25H24Cl2N2O4. The number of nitrogens with zero attached hydrogens (tertiary/aromatic N) is 1. The first-order valence-corrected chi connectivity index (χ1v) is 11.0. The molecule has 172 valence electrons. The Morgan fingerprint density at radius 2 is 1.70 bits per heavy atom. The summed E-state index contributed by atoms with van der Waals surface area (Å²) >= 11 is 12.7. The van der Waals surface area contributed by atoms with Crippen LogP contribution < -0.4 is 19.6 Å². The Kier molecular flexibility index (Phi) is 8.58. The average molecular weight is 487 g/mol. The van der Waals surface area contributed by atoms with Crippen LogP contribution in [0.4, 0.5) is 0 Å². The van der Waals surface area contributed by atoms with E-state index in [0.29, 0.717) is 51.6 Å². The third-order valence-electron chi connectivity index (χ3n) is 4.63. The third kappa shape index (κ3) is 6.63. The third-order valence-corrected chi connectivity index (χ3v) is 5.19. The Labute approximate surface area is 203 Å². The van der Waals surface area contributed by atoms with Gasteiger partial charge >= 0.3 is 0 Å². The predicted molar refractivity (Wildman–Crippen MR) is 131 cm³/mol. The number of methoxy groups -OCH3 is 1. The van der Waals surface area contributed by atoms with E-state index in [0.717, 1.165) is 5.56 Å². The molecule has 1 N–H and O–H groups in total. The van der Waals surface area contributed by atoms with Crippen molar-refractivity contribution in [2.75, 3.05) is 13.7 Å². The van der Waals surface area contributed by atoms with Crippen molar-refractivity contribution in [1.82, 2.24) is 5.43 Å². The van der Waals surface area contributed by atoms with Crippen LogP contribution in [0.3, 0.4) is 0 Å². The highest BCUT2D eigenvalue weighted by atomic mass is 35.5. The molecule has 33 heavy (non-hydrogen) atoms. The second kappa shape index (κ2) is 11.6. The number of carbonyl (C=O) groups excluding carboxylic acids is 1. The number of amides is 1. The summed E-state index contributed by atoms with van der Waals surface area (Å²) in [6, 6.07) is 16.2. The lowest BCUT2D eigenvalue weighted by Gasteiger charge is -2.11. The van der Waals surface area contributed by atoms with Crippen LogP contribution in [0.15, 0.2) is 59.7 Å². The molecule has 0 aromatic heterocycles. The zero-order valence-electron chi connectivity index (χ0n) is 18.5. The highest BCUT2D eigenvalue weighted by Crippen LogP contribution is 2.34. The van der Waals surface area contributed by atoms with Crippen LogP contribution in [0, 0.1) is 6.92 Å². The summed E-state index contributed by atoms with van der Waals surface area (Å²) in [6.07, 6.45) is 1.45.